The number of benzene rings is 1. The van der Waals surface area contributed by atoms with Gasteiger partial charge in [-0.2, -0.15) is 5.10 Å². The SMILES string of the molecule is CC1CCC(NS(=O)(=O)CC(=O)Nc2ccccc2-c2n[nH]c(C(C)C)n2)CC1. The normalized spacial score (nSPS) is 20.0. The number of hydrogen-bond donors (Lipinski definition) is 3. The van der Waals surface area contributed by atoms with Gasteiger partial charge in [-0.05, 0) is 43.7 Å². The minimum Gasteiger partial charge on any atom is -0.324 e. The first-order valence-electron chi connectivity index (χ1n) is 10.0. The van der Waals surface area contributed by atoms with Crippen molar-refractivity contribution in [3.63, 3.8) is 0 Å². The van der Waals surface area contributed by atoms with E-state index in [2.05, 4.69) is 32.1 Å². The third-order valence-corrected chi connectivity index (χ3v) is 6.51. The molecule has 0 radical (unpaired) electrons. The quantitative estimate of drug-likeness (QED) is 0.638. The molecule has 3 rings (SSSR count). The zero-order valence-electron chi connectivity index (χ0n) is 17.1. The molecular weight excluding hydrogens is 390 g/mol. The summed E-state index contributed by atoms with van der Waals surface area (Å²) in [6.45, 7) is 6.18. The highest BCUT2D eigenvalue weighted by molar-refractivity contribution is 7.90. The number of rotatable bonds is 7. The highest BCUT2D eigenvalue weighted by Crippen LogP contribution is 2.26. The summed E-state index contributed by atoms with van der Waals surface area (Å²) in [5, 5.41) is 9.80. The molecular formula is C20H29N5O3S. The van der Waals surface area contributed by atoms with Gasteiger partial charge in [-0.15, -0.1) is 0 Å². The Morgan fingerprint density at radius 1 is 1.21 bits per heavy atom. The van der Waals surface area contributed by atoms with Crippen LogP contribution in [0.4, 0.5) is 5.69 Å². The predicted molar refractivity (Wildman–Crippen MR) is 113 cm³/mol. The zero-order chi connectivity index (χ0) is 21.0. The second-order valence-electron chi connectivity index (χ2n) is 8.13. The van der Waals surface area contributed by atoms with Crippen LogP contribution in [0.5, 0.6) is 0 Å². The van der Waals surface area contributed by atoms with Gasteiger partial charge in [0.05, 0.1) is 5.69 Å². The Morgan fingerprint density at radius 3 is 2.55 bits per heavy atom. The van der Waals surface area contributed by atoms with E-state index in [9.17, 15) is 13.2 Å². The Balaban J connectivity index is 1.66. The van der Waals surface area contributed by atoms with Crippen LogP contribution in [-0.4, -0.2) is 41.3 Å². The lowest BCUT2D eigenvalue weighted by atomic mass is 9.88. The molecule has 0 aliphatic heterocycles. The summed E-state index contributed by atoms with van der Waals surface area (Å²) in [4.78, 5) is 16.9. The van der Waals surface area contributed by atoms with Crippen LogP contribution >= 0.6 is 0 Å². The van der Waals surface area contributed by atoms with Crippen molar-refractivity contribution in [1.82, 2.24) is 19.9 Å². The first-order valence-corrected chi connectivity index (χ1v) is 11.7. The summed E-state index contributed by atoms with van der Waals surface area (Å²) in [5.41, 5.74) is 1.11. The molecule has 158 valence electrons. The lowest BCUT2D eigenvalue weighted by Crippen LogP contribution is -2.41. The summed E-state index contributed by atoms with van der Waals surface area (Å²) in [6.07, 6.45) is 3.63. The van der Waals surface area contributed by atoms with Crippen LogP contribution in [0, 0.1) is 5.92 Å². The van der Waals surface area contributed by atoms with Gasteiger partial charge in [0.1, 0.15) is 11.6 Å². The van der Waals surface area contributed by atoms with Crippen LogP contribution in [0.3, 0.4) is 0 Å². The first kappa shape index (κ1) is 21.4. The Kier molecular flexibility index (Phi) is 6.69. The van der Waals surface area contributed by atoms with E-state index in [0.29, 0.717) is 23.0 Å². The van der Waals surface area contributed by atoms with Crippen LogP contribution in [0.25, 0.3) is 11.4 Å². The summed E-state index contributed by atoms with van der Waals surface area (Å²) in [6, 6.07) is 7.00. The molecule has 1 aromatic heterocycles. The fraction of sp³-hybridized carbons (Fsp3) is 0.550. The number of carbonyl (C=O) groups is 1. The molecule has 2 aromatic rings. The maximum Gasteiger partial charge on any atom is 0.241 e. The first-order chi connectivity index (χ1) is 13.7. The molecule has 3 N–H and O–H groups in total. The number of hydrogen-bond acceptors (Lipinski definition) is 5. The van der Waals surface area contributed by atoms with Crippen LogP contribution < -0.4 is 10.0 Å². The lowest BCUT2D eigenvalue weighted by Gasteiger charge is -2.26. The van der Waals surface area contributed by atoms with Gasteiger partial charge in [-0.25, -0.2) is 18.1 Å². The van der Waals surface area contributed by atoms with Gasteiger partial charge in [-0.1, -0.05) is 32.9 Å². The number of amides is 1. The van der Waals surface area contributed by atoms with E-state index in [1.165, 1.54) is 0 Å². The molecule has 1 aliphatic carbocycles. The minimum absolute atomic E-state index is 0.0843. The van der Waals surface area contributed by atoms with Gasteiger partial charge >= 0.3 is 0 Å². The number of aromatic amines is 1. The highest BCUT2D eigenvalue weighted by atomic mass is 32.2. The van der Waals surface area contributed by atoms with Gasteiger partial charge in [0.2, 0.25) is 15.9 Å². The van der Waals surface area contributed by atoms with Crippen molar-refractivity contribution in [3.8, 4) is 11.4 Å². The van der Waals surface area contributed by atoms with Crippen molar-refractivity contribution in [2.75, 3.05) is 11.1 Å². The van der Waals surface area contributed by atoms with Crippen molar-refractivity contribution in [2.45, 2.75) is 58.4 Å². The third kappa shape index (κ3) is 5.86. The monoisotopic (exact) mass is 419 g/mol. The molecule has 0 saturated heterocycles. The molecule has 1 aliphatic rings. The van der Waals surface area contributed by atoms with E-state index >= 15 is 0 Å². The van der Waals surface area contributed by atoms with E-state index in [1.54, 1.807) is 18.2 Å². The summed E-state index contributed by atoms with van der Waals surface area (Å²) < 4.78 is 27.5. The van der Waals surface area contributed by atoms with E-state index < -0.39 is 21.7 Å². The van der Waals surface area contributed by atoms with Crippen LogP contribution in [0.2, 0.25) is 0 Å². The largest absolute Gasteiger partial charge is 0.324 e. The average molecular weight is 420 g/mol. The van der Waals surface area contributed by atoms with E-state index in [4.69, 9.17) is 0 Å². The van der Waals surface area contributed by atoms with Crippen LogP contribution in [-0.2, 0) is 14.8 Å². The Hall–Kier alpha value is -2.26. The maximum atomic E-state index is 12.4. The molecule has 1 saturated carbocycles. The van der Waals surface area contributed by atoms with Gasteiger partial charge in [-0.3, -0.25) is 9.89 Å². The maximum absolute atomic E-state index is 12.4. The Bertz CT molecular complexity index is 947. The number of sulfonamides is 1. The van der Waals surface area contributed by atoms with Gasteiger partial charge in [0, 0.05) is 17.5 Å². The number of anilines is 1. The fourth-order valence-electron chi connectivity index (χ4n) is 3.47. The smallest absolute Gasteiger partial charge is 0.241 e. The van der Waals surface area contributed by atoms with Gasteiger partial charge in [0.15, 0.2) is 5.82 Å². The third-order valence-electron chi connectivity index (χ3n) is 5.17. The number of nitrogens with one attached hydrogen (secondary N) is 3. The van der Waals surface area contributed by atoms with Crippen LogP contribution in [0.1, 0.15) is 58.2 Å². The fourth-order valence-corrected chi connectivity index (χ4v) is 4.72. The number of nitrogens with zero attached hydrogens (tertiary/aromatic N) is 2. The molecule has 1 aromatic carbocycles. The number of para-hydroxylation sites is 1. The zero-order valence-corrected chi connectivity index (χ0v) is 17.9. The predicted octanol–water partition coefficient (Wildman–Crippen LogP) is 3.03. The summed E-state index contributed by atoms with van der Waals surface area (Å²) >= 11 is 0. The Labute approximate surface area is 172 Å². The van der Waals surface area contributed by atoms with Gasteiger partial charge in [0.25, 0.3) is 0 Å². The minimum atomic E-state index is -3.70. The van der Waals surface area contributed by atoms with Crippen molar-refractivity contribution in [2.24, 2.45) is 5.92 Å². The molecule has 0 atom stereocenters. The summed E-state index contributed by atoms with van der Waals surface area (Å²) in [7, 11) is -3.70. The lowest BCUT2D eigenvalue weighted by molar-refractivity contribution is -0.113. The average Bonchev–Trinajstić information content (AvgIpc) is 3.13. The molecule has 0 bridgehead atoms. The standard InChI is InChI=1S/C20H29N5O3S/c1-13(2)19-22-20(24-23-19)16-6-4-5-7-17(16)21-18(26)12-29(27,28)25-15-10-8-14(3)9-11-15/h4-7,13-15,25H,8-12H2,1-3H3,(H,21,26)(H,22,23,24). The molecule has 1 fully saturated rings. The molecule has 29 heavy (non-hydrogen) atoms. The molecule has 0 unspecified atom stereocenters. The molecule has 8 nitrogen and oxygen atoms in total. The van der Waals surface area contributed by atoms with E-state index in [1.807, 2.05) is 19.9 Å². The second kappa shape index (κ2) is 9.04. The number of carbonyl (C=O) groups excluding carboxylic acids is 1. The molecule has 1 amide bonds. The molecule has 0 spiro atoms. The van der Waals surface area contributed by atoms with E-state index in [-0.39, 0.29) is 12.0 Å². The molecule has 1 heterocycles. The van der Waals surface area contributed by atoms with Crippen molar-refractivity contribution < 1.29 is 13.2 Å². The topological polar surface area (TPSA) is 117 Å². The van der Waals surface area contributed by atoms with Crippen LogP contribution in [0.15, 0.2) is 24.3 Å². The summed E-state index contributed by atoms with van der Waals surface area (Å²) in [5.74, 6) is 0.823. The van der Waals surface area contributed by atoms with Crippen molar-refractivity contribution in [3.05, 3.63) is 30.1 Å². The van der Waals surface area contributed by atoms with E-state index in [0.717, 1.165) is 31.5 Å². The Morgan fingerprint density at radius 2 is 1.90 bits per heavy atom. The second-order valence-corrected chi connectivity index (χ2v) is 9.88. The highest BCUT2D eigenvalue weighted by Gasteiger charge is 2.25. The van der Waals surface area contributed by atoms with Gasteiger partial charge < -0.3 is 5.32 Å². The number of H-pyrrole nitrogens is 1. The number of aromatic nitrogens is 3. The van der Waals surface area contributed by atoms with Crippen molar-refractivity contribution in [1.29, 1.82) is 0 Å². The van der Waals surface area contributed by atoms with Crippen molar-refractivity contribution >= 4 is 21.6 Å². The molecule has 9 heteroatoms.